The smallest absolute Gasteiger partial charge is 0.492 e. The molecule has 3 aromatic rings. The van der Waals surface area contributed by atoms with E-state index in [1.165, 1.54) is 24.3 Å². The Labute approximate surface area is 294 Å². The van der Waals surface area contributed by atoms with E-state index in [0.29, 0.717) is 35.2 Å². The highest BCUT2D eigenvalue weighted by atomic mass is 79.9. The molecule has 3 aromatic carbocycles. The van der Waals surface area contributed by atoms with E-state index in [-0.39, 0.29) is 30.0 Å². The lowest BCUT2D eigenvalue weighted by molar-refractivity contribution is -0.240. The minimum absolute atomic E-state index is 0.211. The summed E-state index contributed by atoms with van der Waals surface area (Å²) in [4.78, 5) is 31.4. The van der Waals surface area contributed by atoms with Crippen LogP contribution in [0.3, 0.4) is 0 Å². The predicted molar refractivity (Wildman–Crippen MR) is 175 cm³/mol. The molecule has 1 aliphatic carbocycles. The van der Waals surface area contributed by atoms with E-state index in [4.69, 9.17) is 10.5 Å². The van der Waals surface area contributed by atoms with Gasteiger partial charge in [-0.2, -0.15) is 22.0 Å². The number of hydrogen-bond donors (Lipinski definition) is 1. The minimum atomic E-state index is -5.80. The molecule has 3 fully saturated rings. The molecule has 270 valence electrons. The Kier molecular flexibility index (Phi) is 10.2. The summed E-state index contributed by atoms with van der Waals surface area (Å²) in [7, 11) is -5.57. The normalized spacial score (nSPS) is 22.2. The average Bonchev–Trinajstić information content (AvgIpc) is 3.68. The Morgan fingerprint density at radius 2 is 1.50 bits per heavy atom. The van der Waals surface area contributed by atoms with Crippen LogP contribution in [0.4, 0.5) is 22.0 Å². The molecule has 50 heavy (non-hydrogen) atoms. The van der Waals surface area contributed by atoms with E-state index in [1.807, 2.05) is 0 Å². The number of nitrogens with zero attached hydrogens (tertiary/aromatic N) is 2. The van der Waals surface area contributed by atoms with Crippen molar-refractivity contribution in [2.75, 3.05) is 6.61 Å². The van der Waals surface area contributed by atoms with Crippen molar-refractivity contribution in [3.8, 4) is 5.75 Å². The first kappa shape index (κ1) is 36.5. The van der Waals surface area contributed by atoms with Crippen molar-refractivity contribution in [3.05, 3.63) is 70.7 Å². The van der Waals surface area contributed by atoms with Crippen LogP contribution in [0.15, 0.2) is 70.0 Å². The number of alkyl halides is 5. The van der Waals surface area contributed by atoms with Crippen LogP contribution in [-0.4, -0.2) is 66.6 Å². The van der Waals surface area contributed by atoms with Crippen LogP contribution in [0.5, 0.6) is 5.75 Å². The number of carbonyl (C=O) groups excluding carboxylic acids is 2. The van der Waals surface area contributed by atoms with E-state index in [9.17, 15) is 31.2 Å². The lowest BCUT2D eigenvalue weighted by Crippen LogP contribution is -2.62. The first-order valence-corrected chi connectivity index (χ1v) is 18.5. The fourth-order valence-corrected chi connectivity index (χ4v) is 8.99. The molecule has 16 heteroatoms. The lowest BCUT2D eigenvalue weighted by atomic mass is 9.94. The van der Waals surface area contributed by atoms with Crippen LogP contribution in [0.25, 0.3) is 10.8 Å². The van der Waals surface area contributed by atoms with Crippen molar-refractivity contribution < 1.29 is 49.5 Å². The van der Waals surface area contributed by atoms with E-state index < -0.39 is 67.1 Å². The Balaban J connectivity index is 1.45. The summed E-state index contributed by atoms with van der Waals surface area (Å²) in [5.74, 6) is -8.60. The van der Waals surface area contributed by atoms with E-state index in [0.717, 1.165) is 54.8 Å². The number of benzene rings is 3. The topological polar surface area (TPSA) is 119 Å². The van der Waals surface area contributed by atoms with Crippen LogP contribution in [0.1, 0.15) is 56.9 Å². The van der Waals surface area contributed by atoms with Crippen LogP contribution in [0, 0.1) is 5.92 Å². The SMILES string of the molecule is NC1CC2CCC(C1)N2C(=O)[C@@H](N(OC(=O)C(F)(F)F)S(=O)(=O)c1ccc(OCC2CCCC2)cc1)C(F)(F)c1ccc2cc(Br)ccc2c1. The van der Waals surface area contributed by atoms with E-state index in [2.05, 4.69) is 20.8 Å². The minimum Gasteiger partial charge on any atom is -0.493 e. The van der Waals surface area contributed by atoms with Gasteiger partial charge in [0.2, 0.25) is 6.04 Å². The monoisotopic (exact) mass is 787 g/mol. The van der Waals surface area contributed by atoms with Gasteiger partial charge in [-0.15, -0.1) is 0 Å². The highest BCUT2D eigenvalue weighted by Gasteiger charge is 2.60. The third-order valence-electron chi connectivity index (χ3n) is 9.72. The summed E-state index contributed by atoms with van der Waals surface area (Å²) in [6.45, 7) is 0.356. The first-order chi connectivity index (χ1) is 23.6. The number of fused-ring (bicyclic) bond motifs is 3. The number of amides is 1. The first-order valence-electron chi connectivity index (χ1n) is 16.3. The molecule has 2 saturated heterocycles. The Hall–Kier alpha value is -3.34. The average molecular weight is 789 g/mol. The molecular weight excluding hydrogens is 753 g/mol. The number of rotatable bonds is 10. The fourth-order valence-electron chi connectivity index (χ4n) is 7.26. The maximum absolute atomic E-state index is 17.1. The van der Waals surface area contributed by atoms with Gasteiger partial charge < -0.3 is 20.2 Å². The molecule has 2 heterocycles. The van der Waals surface area contributed by atoms with Gasteiger partial charge in [-0.3, -0.25) is 4.79 Å². The van der Waals surface area contributed by atoms with Gasteiger partial charge in [-0.1, -0.05) is 47.0 Å². The second-order valence-electron chi connectivity index (χ2n) is 13.2. The lowest BCUT2D eigenvalue weighted by Gasteiger charge is -2.42. The zero-order valence-electron chi connectivity index (χ0n) is 26.6. The molecule has 3 atom stereocenters. The third kappa shape index (κ3) is 7.34. The molecule has 6 rings (SSSR count). The predicted octanol–water partition coefficient (Wildman–Crippen LogP) is 6.82. The Morgan fingerprint density at radius 3 is 2.12 bits per heavy atom. The Morgan fingerprint density at radius 1 is 0.900 bits per heavy atom. The largest absolute Gasteiger partial charge is 0.493 e. The number of nitrogens with two attached hydrogens (primary N) is 1. The van der Waals surface area contributed by atoms with Crippen molar-refractivity contribution in [3.63, 3.8) is 0 Å². The summed E-state index contributed by atoms with van der Waals surface area (Å²) >= 11 is 3.30. The highest BCUT2D eigenvalue weighted by Crippen LogP contribution is 2.44. The van der Waals surface area contributed by atoms with Gasteiger partial charge >= 0.3 is 18.1 Å². The van der Waals surface area contributed by atoms with Gasteiger partial charge in [-0.05, 0) is 102 Å². The summed E-state index contributed by atoms with van der Waals surface area (Å²) in [5, 5.41) is 0.781. The number of halogens is 6. The van der Waals surface area contributed by atoms with Gasteiger partial charge in [-0.25, -0.2) is 13.2 Å². The van der Waals surface area contributed by atoms with E-state index >= 15 is 8.78 Å². The number of piperidine rings is 1. The molecule has 1 amide bonds. The maximum atomic E-state index is 17.1. The highest BCUT2D eigenvalue weighted by molar-refractivity contribution is 9.10. The van der Waals surface area contributed by atoms with Crippen molar-refractivity contribution >= 4 is 48.6 Å². The molecule has 2 bridgehead atoms. The number of ether oxygens (including phenoxy) is 1. The zero-order valence-corrected chi connectivity index (χ0v) is 29.0. The van der Waals surface area contributed by atoms with Gasteiger partial charge in [0.15, 0.2) is 0 Å². The molecule has 0 radical (unpaired) electrons. The number of carbonyl (C=O) groups is 2. The van der Waals surface area contributed by atoms with Crippen LogP contribution >= 0.6 is 15.9 Å². The van der Waals surface area contributed by atoms with Gasteiger partial charge in [0.1, 0.15) is 5.75 Å². The van der Waals surface area contributed by atoms with E-state index in [1.54, 1.807) is 12.1 Å². The molecular formula is C34H35BrF5N3O6S. The number of hydrogen-bond acceptors (Lipinski definition) is 7. The summed E-state index contributed by atoms with van der Waals surface area (Å²) in [6.07, 6.45) is -0.595. The Bertz CT molecular complexity index is 1840. The molecule has 1 saturated carbocycles. The second-order valence-corrected chi connectivity index (χ2v) is 15.9. The molecule has 9 nitrogen and oxygen atoms in total. The standard InChI is InChI=1S/C34H35BrF5N3O6S/c35-24-8-6-21-15-23(7-5-22(21)16-24)33(36,37)30(31(44)42-26-9-10-27(42)18-25(41)17-26)43(49-32(45)34(38,39)40)50(46,47)29-13-11-28(12-14-29)48-19-20-3-1-2-4-20/h5-8,11-16,20,25-27,30H,1-4,9-10,17-19,41H2/t25?,26?,27?,30-/m1/s1. The van der Waals surface area contributed by atoms with Crippen molar-refractivity contribution in [1.29, 1.82) is 0 Å². The maximum Gasteiger partial charge on any atom is 0.492 e. The summed E-state index contributed by atoms with van der Waals surface area (Å²) < 4.78 is 109. The van der Waals surface area contributed by atoms with Crippen LogP contribution in [-0.2, 0) is 30.4 Å². The van der Waals surface area contributed by atoms with Crippen molar-refractivity contribution in [1.82, 2.24) is 9.37 Å². The molecule has 2 N–H and O–H groups in total. The molecule has 2 aliphatic heterocycles. The quantitative estimate of drug-likeness (QED) is 0.177. The van der Waals surface area contributed by atoms with Crippen molar-refractivity contribution in [2.24, 2.45) is 11.7 Å². The van der Waals surface area contributed by atoms with Crippen molar-refractivity contribution in [2.45, 2.75) is 92.5 Å². The van der Waals surface area contributed by atoms with Gasteiger partial charge in [0, 0.05) is 28.2 Å². The molecule has 2 unspecified atom stereocenters. The summed E-state index contributed by atoms with van der Waals surface area (Å²) in [6, 6.07) is 7.29. The van der Waals surface area contributed by atoms with Crippen LogP contribution < -0.4 is 10.5 Å². The number of sulfonamides is 1. The molecule has 0 aromatic heterocycles. The zero-order chi connectivity index (χ0) is 36.0. The number of hydroxylamine groups is 1. The summed E-state index contributed by atoms with van der Waals surface area (Å²) in [5.41, 5.74) is 5.24. The third-order valence-corrected chi connectivity index (χ3v) is 11.8. The van der Waals surface area contributed by atoms with Crippen LogP contribution in [0.2, 0.25) is 0 Å². The second kappa shape index (κ2) is 14.0. The molecule has 0 spiro atoms. The van der Waals surface area contributed by atoms with Gasteiger partial charge in [0.25, 0.3) is 15.9 Å². The molecule has 3 aliphatic rings. The fraction of sp³-hybridized carbons (Fsp3) is 0.471. The van der Waals surface area contributed by atoms with Gasteiger partial charge in [0.05, 0.1) is 11.5 Å².